The van der Waals surface area contributed by atoms with Gasteiger partial charge < -0.3 is 28.1 Å². The Bertz CT molecular complexity index is 1240. The number of amides is 1. The molecule has 0 saturated heterocycles. The van der Waals surface area contributed by atoms with Crippen molar-refractivity contribution >= 4 is 17.5 Å². The molecular weight excluding hydrogens is 460 g/mol. The molecule has 0 atom stereocenters. The smallest absolute Gasteiger partial charge is 0.256 e. The van der Waals surface area contributed by atoms with E-state index in [0.29, 0.717) is 50.6 Å². The van der Waals surface area contributed by atoms with Crippen LogP contribution < -0.4 is 14.2 Å². The summed E-state index contributed by atoms with van der Waals surface area (Å²) in [6.45, 7) is 0.419. The molecule has 8 nitrogen and oxygen atoms in total. The number of ether oxygens (including phenoxy) is 3. The topological polar surface area (TPSA) is 87.2 Å². The first-order valence-corrected chi connectivity index (χ1v) is 10.7. The van der Waals surface area contributed by atoms with Gasteiger partial charge >= 0.3 is 0 Å². The Balaban J connectivity index is 1.63. The lowest BCUT2D eigenvalue weighted by Gasteiger charge is -2.21. The highest BCUT2D eigenvalue weighted by Gasteiger charge is 2.22. The number of furan rings is 1. The number of aromatic nitrogens is 1. The van der Waals surface area contributed by atoms with Gasteiger partial charge in [0.05, 0.1) is 51.3 Å². The summed E-state index contributed by atoms with van der Waals surface area (Å²) in [4.78, 5) is 14.9. The van der Waals surface area contributed by atoms with Crippen LogP contribution in [0, 0.1) is 0 Å². The van der Waals surface area contributed by atoms with E-state index in [4.69, 9.17) is 34.8 Å². The van der Waals surface area contributed by atoms with Crippen LogP contribution in [0.4, 0.5) is 0 Å². The Kier molecular flexibility index (Phi) is 7.08. The molecule has 176 valence electrons. The van der Waals surface area contributed by atoms with Crippen molar-refractivity contribution in [3.63, 3.8) is 0 Å². The second-order valence-electron chi connectivity index (χ2n) is 7.32. The molecule has 4 rings (SSSR count). The average molecular weight is 483 g/mol. The van der Waals surface area contributed by atoms with Crippen LogP contribution in [0.15, 0.2) is 69.8 Å². The third kappa shape index (κ3) is 4.87. The third-order valence-corrected chi connectivity index (χ3v) is 5.51. The molecule has 0 spiro atoms. The van der Waals surface area contributed by atoms with Gasteiger partial charge in [0.1, 0.15) is 11.5 Å². The fraction of sp³-hybridized carbons (Fsp3) is 0.200. The highest BCUT2D eigenvalue weighted by atomic mass is 35.5. The van der Waals surface area contributed by atoms with E-state index < -0.39 is 0 Å². The first-order chi connectivity index (χ1) is 16.5. The number of hydrogen-bond acceptors (Lipinski definition) is 7. The van der Waals surface area contributed by atoms with Crippen molar-refractivity contribution < 1.29 is 27.9 Å². The van der Waals surface area contributed by atoms with Crippen LogP contribution in [0.1, 0.15) is 21.8 Å². The maximum Gasteiger partial charge on any atom is 0.256 e. The Morgan fingerprint density at radius 3 is 2.32 bits per heavy atom. The Hall–Kier alpha value is -3.91. The zero-order valence-corrected chi connectivity index (χ0v) is 19.7. The lowest BCUT2D eigenvalue weighted by atomic mass is 10.1. The van der Waals surface area contributed by atoms with E-state index in [9.17, 15) is 4.79 Å². The fourth-order valence-corrected chi connectivity index (χ4v) is 3.75. The second-order valence-corrected chi connectivity index (χ2v) is 7.72. The van der Waals surface area contributed by atoms with E-state index in [0.717, 1.165) is 0 Å². The molecule has 0 N–H and O–H groups in total. The molecule has 0 bridgehead atoms. The molecule has 4 aromatic rings. The number of carbonyl (C=O) groups is 1. The highest BCUT2D eigenvalue weighted by Crippen LogP contribution is 2.41. The van der Waals surface area contributed by atoms with Crippen molar-refractivity contribution in [2.75, 3.05) is 21.3 Å². The zero-order valence-electron chi connectivity index (χ0n) is 18.9. The van der Waals surface area contributed by atoms with Gasteiger partial charge in [0, 0.05) is 11.6 Å². The minimum Gasteiger partial charge on any atom is -0.493 e. The predicted octanol–water partition coefficient (Wildman–Crippen LogP) is 5.46. The highest BCUT2D eigenvalue weighted by molar-refractivity contribution is 6.33. The third-order valence-electron chi connectivity index (χ3n) is 5.18. The van der Waals surface area contributed by atoms with E-state index in [1.54, 1.807) is 80.0 Å². The van der Waals surface area contributed by atoms with Gasteiger partial charge in [0.2, 0.25) is 5.75 Å². The molecule has 0 aliphatic rings. The van der Waals surface area contributed by atoms with Gasteiger partial charge in [-0.1, -0.05) is 28.9 Å². The number of nitrogens with zero attached hydrogens (tertiary/aromatic N) is 2. The molecule has 0 fully saturated rings. The first-order valence-electron chi connectivity index (χ1n) is 10.4. The number of rotatable bonds is 9. The number of halogens is 1. The standard InChI is InChI=1S/C25H23ClN2O6/c1-30-22-11-16(12-23(31-2)24(22)32-3)21-13-17(27-34-21)14-28(15-18-7-6-10-33-18)25(29)19-8-4-5-9-20(19)26/h4-13H,14-15H2,1-3H3. The summed E-state index contributed by atoms with van der Waals surface area (Å²) in [6.07, 6.45) is 1.56. The molecule has 1 amide bonds. The summed E-state index contributed by atoms with van der Waals surface area (Å²) in [7, 11) is 4.62. The minimum atomic E-state index is -0.251. The van der Waals surface area contributed by atoms with Gasteiger partial charge in [-0.15, -0.1) is 0 Å². The minimum absolute atomic E-state index is 0.179. The maximum absolute atomic E-state index is 13.3. The maximum atomic E-state index is 13.3. The molecule has 34 heavy (non-hydrogen) atoms. The van der Waals surface area contributed by atoms with E-state index in [1.807, 2.05) is 0 Å². The van der Waals surface area contributed by atoms with E-state index >= 15 is 0 Å². The molecule has 2 aromatic carbocycles. The summed E-state index contributed by atoms with van der Waals surface area (Å²) in [6, 6.07) is 15.8. The molecule has 0 radical (unpaired) electrons. The van der Waals surface area contributed by atoms with Crippen LogP contribution in [0.5, 0.6) is 17.2 Å². The van der Waals surface area contributed by atoms with Gasteiger partial charge in [-0.25, -0.2) is 0 Å². The Morgan fingerprint density at radius 1 is 0.971 bits per heavy atom. The molecule has 2 aromatic heterocycles. The van der Waals surface area contributed by atoms with Gasteiger partial charge in [-0.3, -0.25) is 4.79 Å². The van der Waals surface area contributed by atoms with Crippen molar-refractivity contribution in [1.82, 2.24) is 10.1 Å². The molecular formula is C25H23ClN2O6. The van der Waals surface area contributed by atoms with Gasteiger partial charge in [-0.05, 0) is 36.4 Å². The number of benzene rings is 2. The van der Waals surface area contributed by atoms with E-state index in [-0.39, 0.29) is 19.0 Å². The number of carbonyl (C=O) groups excluding carboxylic acids is 1. The fourth-order valence-electron chi connectivity index (χ4n) is 3.54. The largest absolute Gasteiger partial charge is 0.493 e. The van der Waals surface area contributed by atoms with Crippen LogP contribution in [-0.4, -0.2) is 37.3 Å². The molecule has 2 heterocycles. The van der Waals surface area contributed by atoms with Crippen LogP contribution in [0.3, 0.4) is 0 Å². The van der Waals surface area contributed by atoms with Crippen LogP contribution in [0.25, 0.3) is 11.3 Å². The predicted molar refractivity (Wildman–Crippen MR) is 125 cm³/mol. The van der Waals surface area contributed by atoms with Crippen LogP contribution in [0.2, 0.25) is 5.02 Å². The van der Waals surface area contributed by atoms with Crippen molar-refractivity contribution in [3.05, 3.63) is 82.9 Å². The van der Waals surface area contributed by atoms with Crippen LogP contribution >= 0.6 is 11.6 Å². The summed E-state index contributed by atoms with van der Waals surface area (Å²) < 4.78 is 27.2. The number of methoxy groups -OCH3 is 3. The van der Waals surface area contributed by atoms with Crippen molar-refractivity contribution in [2.45, 2.75) is 13.1 Å². The molecule has 0 aliphatic carbocycles. The monoisotopic (exact) mass is 482 g/mol. The van der Waals surface area contributed by atoms with Crippen molar-refractivity contribution in [1.29, 1.82) is 0 Å². The summed E-state index contributed by atoms with van der Waals surface area (Å²) >= 11 is 6.27. The van der Waals surface area contributed by atoms with Crippen molar-refractivity contribution in [3.8, 4) is 28.6 Å². The average Bonchev–Trinajstić information content (AvgIpc) is 3.55. The Morgan fingerprint density at radius 2 is 1.71 bits per heavy atom. The summed E-state index contributed by atoms with van der Waals surface area (Å²) in [5.74, 6) is 2.32. The van der Waals surface area contributed by atoms with Gasteiger partial charge in [0.15, 0.2) is 17.3 Å². The molecule has 0 aliphatic heterocycles. The SMILES string of the molecule is COc1cc(-c2cc(CN(Cc3ccco3)C(=O)c3ccccc3Cl)no2)cc(OC)c1OC. The van der Waals surface area contributed by atoms with E-state index in [2.05, 4.69) is 5.16 Å². The normalized spacial score (nSPS) is 10.7. The molecule has 0 saturated carbocycles. The molecule has 0 unspecified atom stereocenters. The Labute approximate surface area is 201 Å². The number of hydrogen-bond donors (Lipinski definition) is 0. The zero-order chi connectivity index (χ0) is 24.1. The molecule has 9 heteroatoms. The van der Waals surface area contributed by atoms with E-state index in [1.165, 1.54) is 7.11 Å². The first kappa shape index (κ1) is 23.3. The van der Waals surface area contributed by atoms with Crippen LogP contribution in [-0.2, 0) is 13.1 Å². The van der Waals surface area contributed by atoms with Crippen molar-refractivity contribution in [2.24, 2.45) is 0 Å². The van der Waals surface area contributed by atoms with Gasteiger partial charge in [0.25, 0.3) is 5.91 Å². The quantitative estimate of drug-likeness (QED) is 0.313. The van der Waals surface area contributed by atoms with Gasteiger partial charge in [-0.2, -0.15) is 0 Å². The lowest BCUT2D eigenvalue weighted by Crippen LogP contribution is -2.30. The summed E-state index contributed by atoms with van der Waals surface area (Å²) in [5, 5.41) is 4.54. The second kappa shape index (κ2) is 10.4. The summed E-state index contributed by atoms with van der Waals surface area (Å²) in [5.41, 5.74) is 1.63. The lowest BCUT2D eigenvalue weighted by molar-refractivity contribution is 0.0714.